The van der Waals surface area contributed by atoms with Gasteiger partial charge in [-0.2, -0.15) is 0 Å². The zero-order chi connectivity index (χ0) is 28.4. The van der Waals surface area contributed by atoms with Crippen molar-refractivity contribution in [2.75, 3.05) is 13.7 Å². The Bertz CT molecular complexity index is 942. The first-order valence-electron chi connectivity index (χ1n) is 12.7. The lowest BCUT2D eigenvalue weighted by Gasteiger charge is -2.22. The van der Waals surface area contributed by atoms with Gasteiger partial charge in [0.1, 0.15) is 12.1 Å². The first-order chi connectivity index (χ1) is 17.1. The number of hydrogen-bond acceptors (Lipinski definition) is 9. The maximum absolute atomic E-state index is 12.6. The number of nitrogens with one attached hydrogen (secondary N) is 1. The van der Waals surface area contributed by atoms with E-state index in [0.29, 0.717) is 12.0 Å². The van der Waals surface area contributed by atoms with Crippen molar-refractivity contribution in [3.63, 3.8) is 0 Å². The molecule has 9 nitrogen and oxygen atoms in total. The first kappa shape index (κ1) is 32.1. The first-order valence-corrected chi connectivity index (χ1v) is 12.7. The van der Waals surface area contributed by atoms with Gasteiger partial charge in [0.15, 0.2) is 11.5 Å². The molecule has 1 aromatic carbocycles. The molecule has 0 aliphatic carbocycles. The molecule has 37 heavy (non-hydrogen) atoms. The summed E-state index contributed by atoms with van der Waals surface area (Å²) < 4.78 is 21.4. The number of benzene rings is 1. The van der Waals surface area contributed by atoms with Crippen LogP contribution in [0.3, 0.4) is 0 Å². The highest BCUT2D eigenvalue weighted by molar-refractivity contribution is 5.81. The molecule has 0 fully saturated rings. The Morgan fingerprint density at radius 1 is 0.919 bits per heavy atom. The van der Waals surface area contributed by atoms with Gasteiger partial charge in [-0.3, -0.25) is 19.2 Å². The van der Waals surface area contributed by atoms with Crippen LogP contribution in [0, 0.1) is 10.8 Å². The summed E-state index contributed by atoms with van der Waals surface area (Å²) in [5, 5.41) is 3.09. The van der Waals surface area contributed by atoms with Crippen molar-refractivity contribution >= 4 is 23.9 Å². The average molecular weight is 522 g/mol. The van der Waals surface area contributed by atoms with Crippen molar-refractivity contribution in [2.24, 2.45) is 10.8 Å². The van der Waals surface area contributed by atoms with Gasteiger partial charge in [0.25, 0.3) is 0 Å². The Morgan fingerprint density at radius 3 is 2.00 bits per heavy atom. The van der Waals surface area contributed by atoms with E-state index in [1.807, 2.05) is 6.92 Å². The normalized spacial score (nSPS) is 13.3. The molecule has 1 N–H and O–H groups in total. The van der Waals surface area contributed by atoms with Crippen LogP contribution >= 0.6 is 0 Å². The van der Waals surface area contributed by atoms with Crippen LogP contribution in [0.25, 0.3) is 0 Å². The number of carbonyl (C=O) groups is 4. The SMILES string of the molecule is CCCCC(=O)OC(C)CN[C@@H](Cc1ccc(OC(=O)C(C)(C)C)c(OC(=O)C(C)(C)C)c1)C(=O)OC. The van der Waals surface area contributed by atoms with Crippen molar-refractivity contribution in [1.82, 2.24) is 5.32 Å². The fraction of sp³-hybridized carbons (Fsp3) is 0.643. The lowest BCUT2D eigenvalue weighted by Crippen LogP contribution is -2.43. The van der Waals surface area contributed by atoms with E-state index in [4.69, 9.17) is 18.9 Å². The third-order valence-corrected chi connectivity index (χ3v) is 5.28. The minimum absolute atomic E-state index is 0.0804. The van der Waals surface area contributed by atoms with Crippen molar-refractivity contribution in [3.05, 3.63) is 23.8 Å². The largest absolute Gasteiger partial charge is 0.468 e. The maximum atomic E-state index is 12.6. The lowest BCUT2D eigenvalue weighted by atomic mass is 9.97. The summed E-state index contributed by atoms with van der Waals surface area (Å²) in [6.45, 7) is 14.3. The molecule has 1 unspecified atom stereocenters. The Hall–Kier alpha value is -2.94. The molecule has 1 aromatic rings. The van der Waals surface area contributed by atoms with Crippen LogP contribution in [0.2, 0.25) is 0 Å². The second kappa shape index (κ2) is 14.1. The summed E-state index contributed by atoms with van der Waals surface area (Å²) in [5.74, 6) is -1.57. The van der Waals surface area contributed by atoms with E-state index in [1.165, 1.54) is 13.2 Å². The van der Waals surface area contributed by atoms with Crippen LogP contribution in [0.5, 0.6) is 11.5 Å². The van der Waals surface area contributed by atoms with Crippen molar-refractivity contribution in [3.8, 4) is 11.5 Å². The van der Waals surface area contributed by atoms with E-state index in [1.54, 1.807) is 60.6 Å². The zero-order valence-electron chi connectivity index (χ0n) is 23.7. The highest BCUT2D eigenvalue weighted by Gasteiger charge is 2.29. The Morgan fingerprint density at radius 2 is 1.49 bits per heavy atom. The topological polar surface area (TPSA) is 117 Å². The fourth-order valence-electron chi connectivity index (χ4n) is 2.92. The van der Waals surface area contributed by atoms with Gasteiger partial charge in [0.05, 0.1) is 17.9 Å². The molecule has 2 atom stereocenters. The van der Waals surface area contributed by atoms with Gasteiger partial charge >= 0.3 is 23.9 Å². The number of hydrogen-bond donors (Lipinski definition) is 1. The molecule has 0 radical (unpaired) electrons. The van der Waals surface area contributed by atoms with Gasteiger partial charge in [-0.15, -0.1) is 0 Å². The van der Waals surface area contributed by atoms with E-state index in [2.05, 4.69) is 5.32 Å². The Balaban J connectivity index is 3.11. The Kier molecular flexibility index (Phi) is 12.2. The van der Waals surface area contributed by atoms with E-state index in [-0.39, 0.29) is 30.4 Å². The molecule has 0 bridgehead atoms. The third kappa shape index (κ3) is 11.3. The summed E-state index contributed by atoms with van der Waals surface area (Å²) in [6, 6.07) is 4.04. The molecule has 9 heteroatoms. The molecule has 0 aromatic heterocycles. The summed E-state index contributed by atoms with van der Waals surface area (Å²) in [4.78, 5) is 49.4. The van der Waals surface area contributed by atoms with E-state index < -0.39 is 40.9 Å². The number of ether oxygens (including phenoxy) is 4. The van der Waals surface area contributed by atoms with Crippen LogP contribution < -0.4 is 14.8 Å². The number of methoxy groups -OCH3 is 1. The molecule has 0 saturated carbocycles. The molecular formula is C28H43NO8. The van der Waals surface area contributed by atoms with E-state index in [9.17, 15) is 19.2 Å². The maximum Gasteiger partial charge on any atom is 0.323 e. The number of rotatable bonds is 12. The van der Waals surface area contributed by atoms with Crippen LogP contribution in [0.1, 0.15) is 80.2 Å². The predicted octanol–water partition coefficient (Wildman–Crippen LogP) is 4.39. The van der Waals surface area contributed by atoms with Crippen molar-refractivity contribution in [2.45, 2.75) is 93.2 Å². The number of unbranched alkanes of at least 4 members (excludes halogenated alkanes) is 1. The molecular weight excluding hydrogens is 478 g/mol. The van der Waals surface area contributed by atoms with E-state index >= 15 is 0 Å². The van der Waals surface area contributed by atoms with Crippen LogP contribution in [-0.4, -0.2) is 49.7 Å². The molecule has 208 valence electrons. The minimum atomic E-state index is -0.790. The smallest absolute Gasteiger partial charge is 0.323 e. The van der Waals surface area contributed by atoms with Crippen molar-refractivity contribution < 1.29 is 38.1 Å². The lowest BCUT2D eigenvalue weighted by molar-refractivity contribution is -0.148. The average Bonchev–Trinajstić information content (AvgIpc) is 2.79. The van der Waals surface area contributed by atoms with Gasteiger partial charge in [-0.25, -0.2) is 0 Å². The second-order valence-electron chi connectivity index (χ2n) is 11.2. The van der Waals surface area contributed by atoms with Crippen molar-refractivity contribution in [1.29, 1.82) is 0 Å². The number of esters is 4. The fourth-order valence-corrected chi connectivity index (χ4v) is 2.92. The molecule has 0 aliphatic heterocycles. The highest BCUT2D eigenvalue weighted by atomic mass is 16.6. The van der Waals surface area contributed by atoms with Gasteiger partial charge < -0.3 is 24.3 Å². The zero-order valence-corrected chi connectivity index (χ0v) is 23.7. The van der Waals surface area contributed by atoms with Gasteiger partial charge in [-0.05, 0) is 79.0 Å². The molecule has 0 aliphatic rings. The van der Waals surface area contributed by atoms with Crippen LogP contribution in [0.15, 0.2) is 18.2 Å². The molecule has 0 amide bonds. The molecule has 0 spiro atoms. The predicted molar refractivity (Wildman–Crippen MR) is 139 cm³/mol. The minimum Gasteiger partial charge on any atom is -0.468 e. The number of carbonyl (C=O) groups excluding carboxylic acids is 4. The summed E-state index contributed by atoms with van der Waals surface area (Å²) in [7, 11) is 1.29. The molecule has 1 rings (SSSR count). The van der Waals surface area contributed by atoms with E-state index in [0.717, 1.165) is 12.8 Å². The van der Waals surface area contributed by atoms with Crippen LogP contribution in [0.4, 0.5) is 0 Å². The third-order valence-electron chi connectivity index (χ3n) is 5.28. The summed E-state index contributed by atoms with van der Waals surface area (Å²) in [6.07, 6.45) is 1.75. The second-order valence-corrected chi connectivity index (χ2v) is 11.2. The monoisotopic (exact) mass is 521 g/mol. The van der Waals surface area contributed by atoms with Crippen LogP contribution in [-0.2, 0) is 35.1 Å². The van der Waals surface area contributed by atoms with Gasteiger partial charge in [-0.1, -0.05) is 19.4 Å². The quantitative estimate of drug-likeness (QED) is 0.316. The van der Waals surface area contributed by atoms with Gasteiger partial charge in [0.2, 0.25) is 0 Å². The highest BCUT2D eigenvalue weighted by Crippen LogP contribution is 2.33. The summed E-state index contributed by atoms with van der Waals surface area (Å²) >= 11 is 0. The Labute approximate surface area is 220 Å². The standard InChI is InChI=1S/C28H43NO8/c1-10-11-12-23(30)35-18(2)17-29-20(24(31)34-9)15-19-13-14-21(36-25(32)27(3,4)5)22(16-19)37-26(33)28(6,7)8/h13-14,16,18,20,29H,10-12,15,17H2,1-9H3/t18?,20-/m0/s1. The van der Waals surface area contributed by atoms with Gasteiger partial charge in [0, 0.05) is 13.0 Å². The summed E-state index contributed by atoms with van der Waals surface area (Å²) in [5.41, 5.74) is -0.911. The molecule has 0 heterocycles. The molecule has 0 saturated heterocycles.